The van der Waals surface area contributed by atoms with Crippen LogP contribution in [0.4, 0.5) is 17.1 Å². The molecule has 6 aromatic rings. The van der Waals surface area contributed by atoms with E-state index in [1.807, 2.05) is 18.2 Å². The Morgan fingerprint density at radius 3 is 1.82 bits per heavy atom. The van der Waals surface area contributed by atoms with E-state index in [9.17, 15) is 0 Å². The largest absolute Gasteiger partial charge is 0.456 e. The predicted octanol–water partition coefficient (Wildman–Crippen LogP) is 6.98. The van der Waals surface area contributed by atoms with Gasteiger partial charge in [0, 0.05) is 33.9 Å². The van der Waals surface area contributed by atoms with Crippen molar-refractivity contribution in [1.82, 2.24) is 0 Å². The lowest BCUT2D eigenvalue weighted by Gasteiger charge is -2.26. The second-order valence-corrected chi connectivity index (χ2v) is 8.36. The first-order chi connectivity index (χ1) is 16.3. The van der Waals surface area contributed by atoms with Crippen LogP contribution in [-0.2, 0) is 0 Å². The first-order valence-corrected chi connectivity index (χ1v) is 11.2. The van der Waals surface area contributed by atoms with Crippen LogP contribution >= 0.6 is 0 Å². The summed E-state index contributed by atoms with van der Waals surface area (Å²) in [4.78, 5) is 2.28. The summed E-state index contributed by atoms with van der Waals surface area (Å²) < 4.78 is 6.18. The van der Waals surface area contributed by atoms with Crippen LogP contribution in [-0.4, -0.2) is 7.85 Å². The van der Waals surface area contributed by atoms with Gasteiger partial charge in [0.15, 0.2) is 0 Å². The van der Waals surface area contributed by atoms with E-state index in [1.165, 1.54) is 16.6 Å². The molecule has 0 fully saturated rings. The summed E-state index contributed by atoms with van der Waals surface area (Å²) in [5, 5.41) is 2.28. The lowest BCUT2D eigenvalue weighted by molar-refractivity contribution is 0.669. The van der Waals surface area contributed by atoms with Gasteiger partial charge in [-0.3, -0.25) is 0 Å². The zero-order chi connectivity index (χ0) is 22.2. The minimum absolute atomic E-state index is 0.895. The van der Waals surface area contributed by atoms with E-state index in [0.717, 1.165) is 39.0 Å². The molecular weight excluding hydrogens is 401 g/mol. The molecule has 0 spiro atoms. The average Bonchev–Trinajstić information content (AvgIpc) is 3.24. The van der Waals surface area contributed by atoms with Gasteiger partial charge in [0.2, 0.25) is 0 Å². The van der Waals surface area contributed by atoms with Crippen LogP contribution in [0.5, 0.6) is 0 Å². The van der Waals surface area contributed by atoms with Gasteiger partial charge < -0.3 is 9.32 Å². The maximum atomic E-state index is 6.18. The normalized spacial score (nSPS) is 11.2. The van der Waals surface area contributed by atoms with Gasteiger partial charge in [-0.25, -0.2) is 0 Å². The molecule has 33 heavy (non-hydrogen) atoms. The fourth-order valence-electron chi connectivity index (χ4n) is 4.43. The molecule has 5 aromatic carbocycles. The van der Waals surface area contributed by atoms with Crippen molar-refractivity contribution >= 4 is 52.3 Å². The van der Waals surface area contributed by atoms with Gasteiger partial charge in [-0.15, -0.1) is 0 Å². The topological polar surface area (TPSA) is 16.4 Å². The number of fused-ring (bicyclic) bond motifs is 3. The van der Waals surface area contributed by atoms with Crippen LogP contribution in [0.25, 0.3) is 33.1 Å². The maximum absolute atomic E-state index is 6.18. The van der Waals surface area contributed by atoms with E-state index in [1.54, 1.807) is 0 Å². The van der Waals surface area contributed by atoms with E-state index in [4.69, 9.17) is 4.42 Å². The van der Waals surface area contributed by atoms with Crippen LogP contribution in [0.15, 0.2) is 126 Å². The minimum atomic E-state index is 0.895. The smallest absolute Gasteiger partial charge is 0.139 e. The molecular formula is C30H22BNO. The lowest BCUT2D eigenvalue weighted by Crippen LogP contribution is -2.11. The second-order valence-electron chi connectivity index (χ2n) is 8.36. The van der Waals surface area contributed by atoms with Gasteiger partial charge in [0.05, 0.1) is 0 Å². The number of benzene rings is 5. The van der Waals surface area contributed by atoms with Crippen LogP contribution in [0.1, 0.15) is 0 Å². The fourth-order valence-corrected chi connectivity index (χ4v) is 4.43. The van der Waals surface area contributed by atoms with E-state index < -0.39 is 0 Å². The molecule has 0 unspecified atom stereocenters. The molecule has 0 aliphatic carbocycles. The number of hydrogen-bond acceptors (Lipinski definition) is 2. The quantitative estimate of drug-likeness (QED) is 0.285. The first kappa shape index (κ1) is 19.5. The summed E-state index contributed by atoms with van der Waals surface area (Å²) in [6, 6.07) is 42.5. The molecule has 0 atom stereocenters. The van der Waals surface area contributed by atoms with Crippen molar-refractivity contribution < 1.29 is 4.42 Å². The Kier molecular flexibility index (Phi) is 4.73. The number of nitrogens with zero attached hydrogens (tertiary/aromatic N) is 1. The van der Waals surface area contributed by atoms with Crippen LogP contribution in [0.3, 0.4) is 0 Å². The summed E-state index contributed by atoms with van der Waals surface area (Å²) in [6.07, 6.45) is 0. The minimum Gasteiger partial charge on any atom is -0.456 e. The predicted molar refractivity (Wildman–Crippen MR) is 142 cm³/mol. The highest BCUT2D eigenvalue weighted by Crippen LogP contribution is 2.38. The van der Waals surface area contributed by atoms with Gasteiger partial charge in [0.25, 0.3) is 0 Å². The van der Waals surface area contributed by atoms with Crippen molar-refractivity contribution in [3.8, 4) is 11.1 Å². The lowest BCUT2D eigenvalue weighted by atomic mass is 9.96. The number of hydrogen-bond donors (Lipinski definition) is 0. The van der Waals surface area contributed by atoms with Crippen molar-refractivity contribution in [3.63, 3.8) is 0 Å². The van der Waals surface area contributed by atoms with Crippen LogP contribution < -0.4 is 10.4 Å². The third-order valence-corrected chi connectivity index (χ3v) is 6.15. The molecule has 0 bridgehead atoms. The van der Waals surface area contributed by atoms with Crippen LogP contribution in [0, 0.1) is 0 Å². The summed E-state index contributed by atoms with van der Waals surface area (Å²) in [7, 11) is 2.11. The molecule has 1 heterocycles. The fraction of sp³-hybridized carbons (Fsp3) is 0. The number of anilines is 3. The van der Waals surface area contributed by atoms with Gasteiger partial charge >= 0.3 is 0 Å². The molecule has 0 N–H and O–H groups in total. The van der Waals surface area contributed by atoms with Crippen molar-refractivity contribution in [1.29, 1.82) is 0 Å². The molecule has 0 saturated heterocycles. The third kappa shape index (κ3) is 3.58. The molecule has 1 aromatic heterocycles. The molecule has 0 aliphatic rings. The van der Waals surface area contributed by atoms with Gasteiger partial charge in [-0.2, -0.15) is 0 Å². The Hall–Kier alpha value is -4.24. The molecule has 2 nitrogen and oxygen atoms in total. The number of furan rings is 1. The zero-order valence-electron chi connectivity index (χ0n) is 18.4. The summed E-state index contributed by atoms with van der Waals surface area (Å²) in [5.74, 6) is 0. The van der Waals surface area contributed by atoms with E-state index in [0.29, 0.717) is 0 Å². The Balaban J connectivity index is 1.48. The Labute approximate surface area is 194 Å². The van der Waals surface area contributed by atoms with E-state index in [2.05, 4.69) is 116 Å². The summed E-state index contributed by atoms with van der Waals surface area (Å²) >= 11 is 0. The zero-order valence-corrected chi connectivity index (χ0v) is 18.4. The molecule has 0 amide bonds. The van der Waals surface area contributed by atoms with E-state index >= 15 is 0 Å². The van der Waals surface area contributed by atoms with Gasteiger partial charge in [0.1, 0.15) is 19.0 Å². The molecule has 156 valence electrons. The summed E-state index contributed by atoms with van der Waals surface area (Å²) in [5.41, 5.74) is 8.76. The second kappa shape index (κ2) is 8.03. The number of para-hydroxylation sites is 1. The van der Waals surface area contributed by atoms with Crippen molar-refractivity contribution in [3.05, 3.63) is 121 Å². The van der Waals surface area contributed by atoms with Crippen molar-refractivity contribution in [2.75, 3.05) is 4.90 Å². The Bertz CT molecular complexity index is 1550. The van der Waals surface area contributed by atoms with Gasteiger partial charge in [-0.1, -0.05) is 78.3 Å². The molecule has 6 rings (SSSR count). The third-order valence-electron chi connectivity index (χ3n) is 6.15. The van der Waals surface area contributed by atoms with Gasteiger partial charge in [-0.05, 0) is 53.6 Å². The van der Waals surface area contributed by atoms with E-state index in [-0.39, 0.29) is 0 Å². The molecule has 0 aliphatic heterocycles. The first-order valence-electron chi connectivity index (χ1n) is 11.2. The molecule has 0 radical (unpaired) electrons. The molecule has 0 saturated carbocycles. The Morgan fingerprint density at radius 2 is 1.06 bits per heavy atom. The standard InChI is InChI=1S/C30H22BNO/c31-23-12-16-25(17-13-23)32(24-14-10-22(11-15-24)21-6-2-1-3-7-21)26-18-19-28-27-8-4-5-9-29(27)33-30(28)20-26/h1-20H,31H2. The Morgan fingerprint density at radius 1 is 0.485 bits per heavy atom. The highest BCUT2D eigenvalue weighted by atomic mass is 16.3. The average molecular weight is 423 g/mol. The SMILES string of the molecule is Bc1ccc(N(c2ccc(-c3ccccc3)cc2)c2ccc3c(c2)oc2ccccc23)cc1. The highest BCUT2D eigenvalue weighted by Gasteiger charge is 2.15. The van der Waals surface area contributed by atoms with Crippen molar-refractivity contribution in [2.24, 2.45) is 0 Å². The summed E-state index contributed by atoms with van der Waals surface area (Å²) in [6.45, 7) is 0. The van der Waals surface area contributed by atoms with Crippen molar-refractivity contribution in [2.45, 2.75) is 0 Å². The maximum Gasteiger partial charge on any atom is 0.139 e. The molecule has 3 heteroatoms. The highest BCUT2D eigenvalue weighted by molar-refractivity contribution is 6.32. The monoisotopic (exact) mass is 423 g/mol. The number of rotatable bonds is 4. The van der Waals surface area contributed by atoms with Crippen LogP contribution in [0.2, 0.25) is 0 Å².